The number of carbonyl (C=O) groups excluding carboxylic acids is 8. The molecule has 426 valence electrons. The number of para-hydroxylation sites is 4. The number of methoxy groups -OCH3 is 4. The Morgan fingerprint density at radius 1 is 0.338 bits per heavy atom. The van der Waals surface area contributed by atoms with Gasteiger partial charge in [0.25, 0.3) is 35.4 Å². The van der Waals surface area contributed by atoms with Crippen molar-refractivity contribution in [2.24, 2.45) is 11.8 Å². The molecule has 4 heterocycles. The first-order chi connectivity index (χ1) is 38.8. The fourth-order valence-electron chi connectivity index (χ4n) is 10.4. The van der Waals surface area contributed by atoms with Gasteiger partial charge in [0.2, 0.25) is 0 Å². The van der Waals surface area contributed by atoms with Crippen LogP contribution in [0, 0.1) is 11.8 Å². The summed E-state index contributed by atoms with van der Waals surface area (Å²) in [5, 5.41) is 18.0. The fourth-order valence-corrected chi connectivity index (χ4v) is 10.4. The van der Waals surface area contributed by atoms with Gasteiger partial charge in [-0.15, -0.1) is 0 Å². The minimum absolute atomic E-state index is 0.106. The topological polar surface area (TPSA) is 252 Å². The Bertz CT molecular complexity index is 2550. The van der Waals surface area contributed by atoms with Crippen LogP contribution < -0.4 is 50.8 Å². The maximum atomic E-state index is 14.1. The summed E-state index contributed by atoms with van der Waals surface area (Å²) in [5.41, 5.74) is 1.61. The predicted octanol–water partition coefficient (Wildman–Crippen LogP) is 5.12. The Morgan fingerprint density at radius 2 is 0.613 bits per heavy atom. The first kappa shape index (κ1) is 59.6. The van der Waals surface area contributed by atoms with Crippen molar-refractivity contribution in [2.45, 2.75) is 51.4 Å². The molecule has 0 aromatic heterocycles. The van der Waals surface area contributed by atoms with Gasteiger partial charge in [-0.05, 0) is 105 Å². The van der Waals surface area contributed by atoms with Crippen molar-refractivity contribution < 1.29 is 57.3 Å². The number of Topliss-reactive ketones (excluding diaryl/α,β-unsaturated/α-hetero) is 2. The zero-order valence-electron chi connectivity index (χ0n) is 46.2. The van der Waals surface area contributed by atoms with E-state index in [0.717, 1.165) is 0 Å². The Balaban J connectivity index is 1.35. The maximum absolute atomic E-state index is 14.1. The van der Waals surface area contributed by atoms with Crippen LogP contribution >= 0.6 is 0 Å². The van der Waals surface area contributed by atoms with E-state index in [1.807, 2.05) is 12.2 Å². The van der Waals surface area contributed by atoms with Crippen LogP contribution in [0.3, 0.4) is 0 Å². The Kier molecular flexibility index (Phi) is 22.2. The van der Waals surface area contributed by atoms with Gasteiger partial charge in [0.05, 0.1) is 72.9 Å². The van der Waals surface area contributed by atoms with Gasteiger partial charge in [-0.1, -0.05) is 36.4 Å². The van der Waals surface area contributed by atoms with Crippen molar-refractivity contribution in [3.8, 4) is 23.0 Å². The molecule has 6 amide bonds. The highest BCUT2D eigenvalue weighted by molar-refractivity contribution is 6.07. The van der Waals surface area contributed by atoms with Crippen LogP contribution in [0.25, 0.3) is 0 Å². The molecule has 4 aliphatic heterocycles. The zero-order chi connectivity index (χ0) is 57.0. The summed E-state index contributed by atoms with van der Waals surface area (Å²) < 4.78 is 23.0. The molecule has 8 rings (SSSR count). The van der Waals surface area contributed by atoms with Crippen LogP contribution in [0.1, 0.15) is 134 Å². The number of ether oxygens (including phenoxy) is 4. The van der Waals surface area contributed by atoms with Gasteiger partial charge < -0.3 is 55.7 Å². The second kappa shape index (κ2) is 29.8. The number of hydrogen-bond donors (Lipinski definition) is 6. The third kappa shape index (κ3) is 15.6. The standard InChI is InChI=1S/C60H74N8O12/c1-77-51-41-12-6-13-42(51)50(70)21-10-33-67-34-30-64-58(74)46-17-8-15-44(53(46)79-3)56(72)62-28-25-40-23-22-39(11-5-20-49(41)69)24-27-61-55(71)43-14-7-18-47(52(43)78-2)59(75)65-31-35-68(38-37-67)36-32-66-60(76)48-19-9-16-45(54(48)80-4)57(73)63-29-26-40/h6-9,12-19,22-23,39-40H,5,10-11,20-21,24-38H2,1-4H3,(H,61,71)(H,62,72)(H,63,73)(H,64,74)(H,65,75)(H,66,76)/b23-22+. The van der Waals surface area contributed by atoms with Gasteiger partial charge in [-0.3, -0.25) is 43.3 Å². The number of ketones is 2. The molecule has 0 fully saturated rings. The number of allylic oxidation sites excluding steroid dienone is 2. The maximum Gasteiger partial charge on any atom is 0.255 e. The minimum Gasteiger partial charge on any atom is -0.495 e. The van der Waals surface area contributed by atoms with Gasteiger partial charge in [0.15, 0.2) is 11.6 Å². The molecule has 20 nitrogen and oxygen atoms in total. The van der Waals surface area contributed by atoms with Gasteiger partial charge in [-0.25, -0.2) is 0 Å². The molecule has 0 spiro atoms. The zero-order valence-corrected chi connectivity index (χ0v) is 46.2. The molecule has 4 atom stereocenters. The first-order valence-corrected chi connectivity index (χ1v) is 27.4. The minimum atomic E-state index is -0.465. The number of carbonyl (C=O) groups is 8. The van der Waals surface area contributed by atoms with Gasteiger partial charge in [0, 0.05) is 84.8 Å². The molecule has 0 radical (unpaired) electrons. The molecule has 4 unspecified atom stereocenters. The predicted molar refractivity (Wildman–Crippen MR) is 301 cm³/mol. The van der Waals surface area contributed by atoms with E-state index in [2.05, 4.69) is 41.7 Å². The Labute approximate surface area is 467 Å². The van der Waals surface area contributed by atoms with E-state index in [-0.39, 0.29) is 132 Å². The Hall–Kier alpha value is -8.10. The van der Waals surface area contributed by atoms with E-state index in [1.54, 1.807) is 72.8 Å². The molecule has 12 bridgehead atoms. The van der Waals surface area contributed by atoms with E-state index in [9.17, 15) is 38.4 Å². The summed E-state index contributed by atoms with van der Waals surface area (Å²) in [4.78, 5) is 116. The largest absolute Gasteiger partial charge is 0.495 e. The summed E-state index contributed by atoms with van der Waals surface area (Å²) in [6.45, 7) is 3.23. The highest BCUT2D eigenvalue weighted by Crippen LogP contribution is 2.30. The third-order valence-corrected chi connectivity index (χ3v) is 14.7. The lowest BCUT2D eigenvalue weighted by Crippen LogP contribution is -2.44. The van der Waals surface area contributed by atoms with Gasteiger partial charge >= 0.3 is 0 Å². The van der Waals surface area contributed by atoms with Crippen LogP contribution in [0.4, 0.5) is 0 Å². The summed E-state index contributed by atoms with van der Waals surface area (Å²) >= 11 is 0. The smallest absolute Gasteiger partial charge is 0.255 e. The second-order valence-electron chi connectivity index (χ2n) is 19.9. The average Bonchev–Trinajstić information content (AvgIpc) is 3.47. The molecule has 0 saturated heterocycles. The first-order valence-electron chi connectivity index (χ1n) is 27.4. The van der Waals surface area contributed by atoms with E-state index in [4.69, 9.17) is 18.9 Å². The molecule has 80 heavy (non-hydrogen) atoms. The highest BCUT2D eigenvalue weighted by atomic mass is 16.5. The molecule has 4 aromatic carbocycles. The molecule has 4 aromatic rings. The number of amides is 6. The molecule has 6 N–H and O–H groups in total. The molecule has 0 saturated carbocycles. The van der Waals surface area contributed by atoms with E-state index >= 15 is 0 Å². The van der Waals surface area contributed by atoms with Crippen LogP contribution in [0.2, 0.25) is 0 Å². The number of benzene rings is 4. The van der Waals surface area contributed by atoms with E-state index in [1.165, 1.54) is 28.4 Å². The van der Waals surface area contributed by atoms with Crippen molar-refractivity contribution in [1.29, 1.82) is 0 Å². The molecular formula is C60H74N8O12. The van der Waals surface area contributed by atoms with Crippen LogP contribution in [-0.4, -0.2) is 164 Å². The monoisotopic (exact) mass is 1100 g/mol. The SMILES string of the molecule is COc1c2cccc1C(=O)CCCN1CCNC(=O)c3cccc(c3OC)C(=O)NCCC3/C=C/C(CCCC2=O)CCNC(=O)c2cccc(c2OC)C(=O)NCCN(CCNC(=O)c2cccc(c2OC)C(=O)NCC3)CC1. The van der Waals surface area contributed by atoms with Crippen molar-refractivity contribution in [3.63, 3.8) is 0 Å². The lowest BCUT2D eigenvalue weighted by molar-refractivity contribution is 0.0918. The molecule has 4 aliphatic rings. The van der Waals surface area contributed by atoms with Crippen LogP contribution in [0.5, 0.6) is 23.0 Å². The summed E-state index contributed by atoms with van der Waals surface area (Å²) in [7, 11) is 5.66. The van der Waals surface area contributed by atoms with E-state index in [0.29, 0.717) is 88.9 Å². The average molecular weight is 1100 g/mol. The molecule has 20 heteroatoms. The summed E-state index contributed by atoms with van der Waals surface area (Å²) in [6, 6.07) is 19.4. The van der Waals surface area contributed by atoms with Crippen molar-refractivity contribution >= 4 is 47.0 Å². The number of fused-ring (bicyclic) bond motifs is 25. The molecule has 0 aliphatic carbocycles. The molecular weight excluding hydrogens is 1020 g/mol. The normalized spacial score (nSPS) is 21.6. The third-order valence-electron chi connectivity index (χ3n) is 14.7. The van der Waals surface area contributed by atoms with Gasteiger partial charge in [-0.2, -0.15) is 0 Å². The van der Waals surface area contributed by atoms with E-state index < -0.39 is 35.4 Å². The second-order valence-corrected chi connectivity index (χ2v) is 19.9. The summed E-state index contributed by atoms with van der Waals surface area (Å²) in [6.07, 6.45) is 6.92. The number of nitrogens with zero attached hydrogens (tertiary/aromatic N) is 2. The quantitative estimate of drug-likeness (QED) is 0.145. The van der Waals surface area contributed by atoms with Crippen LogP contribution in [0.15, 0.2) is 84.9 Å². The van der Waals surface area contributed by atoms with Crippen LogP contribution in [-0.2, 0) is 0 Å². The number of nitrogens with one attached hydrogen (secondary N) is 6. The van der Waals surface area contributed by atoms with Crippen molar-refractivity contribution in [2.75, 3.05) is 107 Å². The number of rotatable bonds is 4. The lowest BCUT2D eigenvalue weighted by atomic mass is 9.92. The van der Waals surface area contributed by atoms with Gasteiger partial charge in [0.1, 0.15) is 23.0 Å². The van der Waals surface area contributed by atoms with Crippen molar-refractivity contribution in [1.82, 2.24) is 41.7 Å². The highest BCUT2D eigenvalue weighted by Gasteiger charge is 2.26. The fraction of sp³-hybridized carbons (Fsp3) is 0.433. The lowest BCUT2D eigenvalue weighted by Gasteiger charge is -2.28. The number of hydrogen-bond acceptors (Lipinski definition) is 14. The summed E-state index contributed by atoms with van der Waals surface area (Å²) in [5.74, 6) is -3.04. The Morgan fingerprint density at radius 3 is 0.950 bits per heavy atom. The van der Waals surface area contributed by atoms with Crippen molar-refractivity contribution in [3.05, 3.63) is 129 Å².